The Morgan fingerprint density at radius 3 is 2.46 bits per heavy atom. The first kappa shape index (κ1) is 21.6. The molecule has 0 radical (unpaired) electrons. The number of rotatable bonds is 7. The molecule has 1 aromatic rings. The third-order valence-electron chi connectivity index (χ3n) is 3.64. The van der Waals surface area contributed by atoms with Gasteiger partial charge in [-0.25, -0.2) is 9.36 Å². The number of nitrogens with one attached hydrogen (secondary N) is 1. The van der Waals surface area contributed by atoms with Gasteiger partial charge in [0.2, 0.25) is 0 Å². The van der Waals surface area contributed by atoms with Crippen LogP contribution in [0.2, 0.25) is 0 Å². The molecule has 0 amide bonds. The molecule has 148 valence electrons. The number of ether oxygens (including phenoxy) is 1. The summed E-state index contributed by atoms with van der Waals surface area (Å²) in [5.74, 6) is 0. The van der Waals surface area contributed by atoms with Crippen molar-refractivity contribution in [1.29, 1.82) is 0 Å². The van der Waals surface area contributed by atoms with E-state index in [9.17, 15) is 29.3 Å². The lowest BCUT2D eigenvalue weighted by Crippen LogP contribution is -2.37. The maximum atomic E-state index is 12.2. The number of H-pyrrole nitrogens is 1. The topological polar surface area (TPSA) is 170 Å². The number of aromatic amines is 1. The van der Waals surface area contributed by atoms with E-state index in [0.717, 1.165) is 31.0 Å². The van der Waals surface area contributed by atoms with Gasteiger partial charge in [0.15, 0.2) is 6.23 Å². The van der Waals surface area contributed by atoms with Crippen LogP contribution in [0.3, 0.4) is 0 Å². The molecule has 15 heteroatoms. The molecule has 0 aliphatic carbocycles. The van der Waals surface area contributed by atoms with Gasteiger partial charge in [0.05, 0.1) is 6.61 Å². The molecule has 1 aromatic heterocycles. The minimum atomic E-state index is -4.10. The Labute approximate surface area is 151 Å². The molecule has 1 aliphatic heterocycles. The minimum Gasteiger partial charge on any atom is -0.387 e. The molecule has 0 bridgehead atoms. The van der Waals surface area contributed by atoms with E-state index in [2.05, 4.69) is 9.05 Å². The Morgan fingerprint density at radius 1 is 1.31 bits per heavy atom. The zero-order valence-electron chi connectivity index (χ0n) is 13.6. The molecule has 0 aromatic carbocycles. The summed E-state index contributed by atoms with van der Waals surface area (Å²) in [4.78, 5) is 35.0. The van der Waals surface area contributed by atoms with Gasteiger partial charge in [-0.3, -0.25) is 14.3 Å². The molecule has 26 heavy (non-hydrogen) atoms. The van der Waals surface area contributed by atoms with Gasteiger partial charge in [-0.15, -0.1) is 0 Å². The molecule has 0 spiro atoms. The van der Waals surface area contributed by atoms with Crippen LogP contribution in [0.25, 0.3) is 0 Å². The van der Waals surface area contributed by atoms with Crippen LogP contribution < -0.4 is 11.2 Å². The van der Waals surface area contributed by atoms with Crippen LogP contribution in [0.5, 0.6) is 0 Å². The number of nitrogens with zero attached hydrogens (tertiary/aromatic N) is 1. The second kappa shape index (κ2) is 8.11. The first-order chi connectivity index (χ1) is 12.1. The van der Waals surface area contributed by atoms with Crippen molar-refractivity contribution in [2.24, 2.45) is 0 Å². The van der Waals surface area contributed by atoms with Gasteiger partial charge in [0.25, 0.3) is 5.56 Å². The fraction of sp³-hybridized carbons (Fsp3) is 0.636. The molecule has 5 atom stereocenters. The van der Waals surface area contributed by atoms with Crippen molar-refractivity contribution >= 4 is 25.3 Å². The van der Waals surface area contributed by atoms with Gasteiger partial charge in [0.1, 0.15) is 18.3 Å². The Kier molecular flexibility index (Phi) is 6.73. The monoisotopic (exact) mass is 432 g/mol. The summed E-state index contributed by atoms with van der Waals surface area (Å²) < 4.78 is 32.7. The van der Waals surface area contributed by atoms with Crippen LogP contribution in [0.1, 0.15) is 6.23 Å². The lowest BCUT2D eigenvalue weighted by atomic mass is 10.1. The maximum absolute atomic E-state index is 12.2. The molecule has 0 saturated carbocycles. The fourth-order valence-corrected chi connectivity index (χ4v) is 6.54. The van der Waals surface area contributed by atoms with Gasteiger partial charge in [0, 0.05) is 26.5 Å². The summed E-state index contributed by atoms with van der Waals surface area (Å²) in [6.07, 6.45) is -8.57. The van der Waals surface area contributed by atoms with E-state index in [4.69, 9.17) is 21.1 Å². The number of hydrogen-bond donors (Lipinski definition) is 4. The number of aromatic nitrogens is 2. The van der Waals surface area contributed by atoms with Crippen molar-refractivity contribution in [2.75, 3.05) is 20.8 Å². The third-order valence-corrected chi connectivity index (χ3v) is 11.0. The van der Waals surface area contributed by atoms with Crippen LogP contribution in [0, 0.1) is 0 Å². The summed E-state index contributed by atoms with van der Waals surface area (Å²) in [7, 11) is -2.05. The predicted octanol–water partition coefficient (Wildman–Crippen LogP) is -1.12. The lowest BCUT2D eigenvalue weighted by Gasteiger charge is -2.24. The zero-order valence-corrected chi connectivity index (χ0v) is 16.2. The second-order valence-electron chi connectivity index (χ2n) is 5.18. The molecule has 1 unspecified atom stereocenters. The smallest absolute Gasteiger partial charge is 0.387 e. The van der Waals surface area contributed by atoms with E-state index >= 15 is 0 Å². The molecule has 2 heterocycles. The van der Waals surface area contributed by atoms with Gasteiger partial charge in [-0.2, -0.15) is 0 Å². The van der Waals surface area contributed by atoms with Gasteiger partial charge < -0.3 is 33.4 Å². The van der Waals surface area contributed by atoms with Gasteiger partial charge in [-0.05, 0) is 11.8 Å². The summed E-state index contributed by atoms with van der Waals surface area (Å²) >= 11 is 4.77. The molecular formula is C11H18N2O10P2S. The van der Waals surface area contributed by atoms with Crippen LogP contribution in [0.4, 0.5) is 0 Å². The number of aliphatic hydroxyl groups excluding tert-OH is 2. The fourth-order valence-electron chi connectivity index (χ4n) is 2.25. The first-order valence-corrected chi connectivity index (χ1v) is 12.0. The van der Waals surface area contributed by atoms with E-state index in [-0.39, 0.29) is 0 Å². The average Bonchev–Trinajstić information content (AvgIpc) is 2.87. The van der Waals surface area contributed by atoms with E-state index in [0.29, 0.717) is 0 Å². The van der Waals surface area contributed by atoms with Crippen LogP contribution in [0.15, 0.2) is 21.9 Å². The average molecular weight is 432 g/mol. The SMILES string of the molecule is COP(=O)(OC)P(O)(=S)OC[C@H]1O[C@@H](n2ccc(=O)[nH]c2=O)[C@H](O)[C@@H]1O. The third kappa shape index (κ3) is 4.07. The lowest BCUT2D eigenvalue weighted by molar-refractivity contribution is -0.0512. The minimum absolute atomic E-state index is 0.558. The largest absolute Gasteiger partial charge is 0.410 e. The summed E-state index contributed by atoms with van der Waals surface area (Å²) in [6, 6.07) is 1.04. The molecule has 12 nitrogen and oxygen atoms in total. The summed E-state index contributed by atoms with van der Waals surface area (Å²) in [5, 5.41) is 20.2. The molecule has 1 fully saturated rings. The normalized spacial score (nSPS) is 28.8. The van der Waals surface area contributed by atoms with Crippen molar-refractivity contribution in [2.45, 2.75) is 24.5 Å². The van der Waals surface area contributed by atoms with Crippen molar-refractivity contribution in [1.82, 2.24) is 9.55 Å². The van der Waals surface area contributed by atoms with Crippen molar-refractivity contribution < 1.29 is 38.0 Å². The predicted molar refractivity (Wildman–Crippen MR) is 91.3 cm³/mol. The highest BCUT2D eigenvalue weighted by atomic mass is 32.6. The van der Waals surface area contributed by atoms with Gasteiger partial charge >= 0.3 is 19.2 Å². The number of hydrogen-bond acceptors (Lipinski definition) is 10. The van der Waals surface area contributed by atoms with E-state index in [1.165, 1.54) is 0 Å². The Bertz CT molecular complexity index is 848. The van der Waals surface area contributed by atoms with Gasteiger partial charge in [-0.1, -0.05) is 0 Å². The van der Waals surface area contributed by atoms with Crippen molar-refractivity contribution in [3.63, 3.8) is 0 Å². The Morgan fingerprint density at radius 2 is 1.92 bits per heavy atom. The van der Waals surface area contributed by atoms with Crippen molar-refractivity contribution in [3.8, 4) is 0 Å². The van der Waals surface area contributed by atoms with Crippen LogP contribution in [-0.4, -0.2) is 63.8 Å². The maximum Gasteiger partial charge on any atom is 0.410 e. The molecule has 1 saturated heterocycles. The first-order valence-electron chi connectivity index (χ1n) is 7.08. The van der Waals surface area contributed by atoms with Crippen molar-refractivity contribution in [3.05, 3.63) is 33.1 Å². The van der Waals surface area contributed by atoms with E-state index in [1.807, 2.05) is 4.98 Å². The van der Waals surface area contributed by atoms with E-state index in [1.54, 1.807) is 0 Å². The van der Waals surface area contributed by atoms with E-state index < -0.39 is 55.9 Å². The highest BCUT2D eigenvalue weighted by molar-refractivity contribution is 8.47. The summed E-state index contributed by atoms with van der Waals surface area (Å²) in [5.41, 5.74) is -1.50. The number of aliphatic hydroxyl groups is 2. The molecular weight excluding hydrogens is 414 g/mol. The molecule has 2 rings (SSSR count). The standard InChI is InChI=1S/C11H18N2O10P2S/c1-20-24(18,21-2)25(19,26)22-5-6-8(15)9(16)10(23-6)13-4-3-7(14)12-11(13)17/h3-4,6,8-10,15-16H,5H2,1-2H3,(H,19,26)(H,12,14,17)/t6-,8-,9-,10-,25?/m1/s1. The highest BCUT2D eigenvalue weighted by Gasteiger charge is 2.47. The quantitative estimate of drug-likeness (QED) is 0.385. The zero-order chi connectivity index (χ0) is 19.7. The summed E-state index contributed by atoms with van der Waals surface area (Å²) in [6.45, 7) is -0.558. The highest BCUT2D eigenvalue weighted by Crippen LogP contribution is 2.80. The van der Waals surface area contributed by atoms with Crippen LogP contribution >= 0.6 is 13.5 Å². The Balaban J connectivity index is 2.15. The molecule has 4 N–H and O–H groups in total. The molecule has 1 aliphatic rings. The Hall–Kier alpha value is -0.720. The second-order valence-corrected chi connectivity index (χ2v) is 13.5. The van der Waals surface area contributed by atoms with Crippen LogP contribution in [-0.2, 0) is 34.7 Å².